The number of carboxylic acid groups (broad SMARTS) is 1. The molecular weight excluding hydrogens is 274 g/mol. The molecule has 0 saturated heterocycles. The summed E-state index contributed by atoms with van der Waals surface area (Å²) < 4.78 is 10.5. The number of hydrogen-bond acceptors (Lipinski definition) is 4. The number of amides is 1. The fraction of sp³-hybridized carbons (Fsp3) is 0.200. The number of fused-ring (bicyclic) bond motifs is 1. The molecule has 0 aliphatic carbocycles. The Morgan fingerprint density at radius 1 is 1.24 bits per heavy atom. The summed E-state index contributed by atoms with van der Waals surface area (Å²) in [6.45, 7) is 0.782. The molecule has 1 aliphatic heterocycles. The van der Waals surface area contributed by atoms with E-state index < -0.39 is 5.97 Å². The van der Waals surface area contributed by atoms with Crippen LogP contribution in [0.25, 0.3) is 0 Å². The summed E-state index contributed by atoms with van der Waals surface area (Å²) in [5.74, 6) is -0.299. The molecule has 0 fully saturated rings. The van der Waals surface area contributed by atoms with Gasteiger partial charge in [0.15, 0.2) is 0 Å². The van der Waals surface area contributed by atoms with E-state index in [-0.39, 0.29) is 18.2 Å². The van der Waals surface area contributed by atoms with Crippen LogP contribution in [0.1, 0.15) is 32.2 Å². The summed E-state index contributed by atoms with van der Waals surface area (Å²) in [7, 11) is 0. The van der Waals surface area contributed by atoms with Crippen LogP contribution in [0.5, 0.6) is 5.75 Å². The lowest BCUT2D eigenvalue weighted by atomic mass is 10.1. The van der Waals surface area contributed by atoms with Crippen LogP contribution in [0.15, 0.2) is 34.7 Å². The van der Waals surface area contributed by atoms with Crippen molar-refractivity contribution in [1.29, 1.82) is 0 Å². The second kappa shape index (κ2) is 5.32. The molecule has 3 rings (SSSR count). The van der Waals surface area contributed by atoms with Gasteiger partial charge in [-0.15, -0.1) is 0 Å². The monoisotopic (exact) mass is 287 g/mol. The maximum Gasteiger partial charge on any atom is 0.371 e. The van der Waals surface area contributed by atoms with Gasteiger partial charge in [-0.3, -0.25) is 4.79 Å². The highest BCUT2D eigenvalue weighted by molar-refractivity contribution is 5.94. The minimum atomic E-state index is -1.13. The van der Waals surface area contributed by atoms with E-state index in [0.29, 0.717) is 17.9 Å². The predicted molar refractivity (Wildman–Crippen MR) is 72.5 cm³/mol. The van der Waals surface area contributed by atoms with Crippen LogP contribution in [0.4, 0.5) is 0 Å². The molecule has 21 heavy (non-hydrogen) atoms. The lowest BCUT2D eigenvalue weighted by Crippen LogP contribution is -2.22. The first-order chi connectivity index (χ1) is 10.1. The van der Waals surface area contributed by atoms with Crippen LogP contribution in [0.2, 0.25) is 0 Å². The summed E-state index contributed by atoms with van der Waals surface area (Å²) in [5, 5.41) is 11.4. The number of aromatic carboxylic acids is 1. The van der Waals surface area contributed by atoms with Crippen molar-refractivity contribution in [3.05, 3.63) is 53.0 Å². The number of rotatable bonds is 4. The Balaban J connectivity index is 1.64. The number of ether oxygens (including phenoxy) is 1. The molecule has 1 aromatic heterocycles. The molecule has 0 saturated carbocycles. The van der Waals surface area contributed by atoms with Gasteiger partial charge in [0, 0.05) is 12.0 Å². The molecule has 0 bridgehead atoms. The summed E-state index contributed by atoms with van der Waals surface area (Å²) in [6, 6.07) is 8.18. The first-order valence-electron chi connectivity index (χ1n) is 6.49. The third-order valence-corrected chi connectivity index (χ3v) is 3.25. The van der Waals surface area contributed by atoms with Gasteiger partial charge >= 0.3 is 5.97 Å². The normalized spacial score (nSPS) is 12.6. The van der Waals surface area contributed by atoms with E-state index in [1.807, 2.05) is 6.07 Å². The van der Waals surface area contributed by atoms with Gasteiger partial charge in [-0.1, -0.05) is 0 Å². The van der Waals surface area contributed by atoms with Gasteiger partial charge in [-0.25, -0.2) is 4.79 Å². The minimum absolute atomic E-state index is 0.139. The maximum atomic E-state index is 12.0. The molecule has 1 aromatic carbocycles. The second-order valence-corrected chi connectivity index (χ2v) is 4.67. The quantitative estimate of drug-likeness (QED) is 0.895. The largest absolute Gasteiger partial charge is 0.493 e. The number of carbonyl (C=O) groups excluding carboxylic acids is 1. The van der Waals surface area contributed by atoms with E-state index in [4.69, 9.17) is 14.3 Å². The first kappa shape index (κ1) is 13.2. The molecular formula is C15H13NO5. The minimum Gasteiger partial charge on any atom is -0.493 e. The maximum absolute atomic E-state index is 12.0. The van der Waals surface area contributed by atoms with Crippen molar-refractivity contribution in [1.82, 2.24) is 5.32 Å². The molecule has 1 aliphatic rings. The van der Waals surface area contributed by atoms with Gasteiger partial charge in [0.2, 0.25) is 5.76 Å². The molecule has 6 heteroatoms. The van der Waals surface area contributed by atoms with Crippen LogP contribution in [0, 0.1) is 0 Å². The van der Waals surface area contributed by atoms with Crippen LogP contribution in [0.3, 0.4) is 0 Å². The van der Waals surface area contributed by atoms with E-state index in [1.54, 1.807) is 12.1 Å². The van der Waals surface area contributed by atoms with Gasteiger partial charge < -0.3 is 19.6 Å². The number of nitrogens with one attached hydrogen (secondary N) is 1. The molecule has 0 atom stereocenters. The lowest BCUT2D eigenvalue weighted by Gasteiger charge is -2.05. The highest BCUT2D eigenvalue weighted by Crippen LogP contribution is 2.25. The lowest BCUT2D eigenvalue weighted by molar-refractivity contribution is 0.0660. The Hall–Kier alpha value is -2.76. The summed E-state index contributed by atoms with van der Waals surface area (Å²) in [5.41, 5.74) is 1.57. The van der Waals surface area contributed by atoms with Gasteiger partial charge in [0.25, 0.3) is 5.91 Å². The Morgan fingerprint density at radius 2 is 2.10 bits per heavy atom. The van der Waals surface area contributed by atoms with Crippen molar-refractivity contribution in [3.63, 3.8) is 0 Å². The van der Waals surface area contributed by atoms with E-state index >= 15 is 0 Å². The average Bonchev–Trinajstić information content (AvgIpc) is 3.12. The number of furan rings is 1. The van der Waals surface area contributed by atoms with Crippen molar-refractivity contribution >= 4 is 11.9 Å². The average molecular weight is 287 g/mol. The number of benzene rings is 1. The van der Waals surface area contributed by atoms with Crippen molar-refractivity contribution in [2.75, 3.05) is 6.61 Å². The van der Waals surface area contributed by atoms with Crippen LogP contribution in [-0.4, -0.2) is 23.6 Å². The Bertz CT molecular complexity index is 704. The van der Waals surface area contributed by atoms with Gasteiger partial charge in [-0.2, -0.15) is 0 Å². The molecule has 2 N–H and O–H groups in total. The summed E-state index contributed by atoms with van der Waals surface area (Å²) in [6.07, 6.45) is 0.802. The van der Waals surface area contributed by atoms with Crippen molar-refractivity contribution < 1.29 is 23.8 Å². The fourth-order valence-electron chi connectivity index (χ4n) is 2.19. The Morgan fingerprint density at radius 3 is 2.86 bits per heavy atom. The third kappa shape index (κ3) is 2.74. The van der Waals surface area contributed by atoms with Crippen molar-refractivity contribution in [3.8, 4) is 5.75 Å². The number of carbonyl (C=O) groups is 2. The summed E-state index contributed by atoms with van der Waals surface area (Å²) in [4.78, 5) is 22.7. The molecule has 0 unspecified atom stereocenters. The van der Waals surface area contributed by atoms with Crippen LogP contribution < -0.4 is 10.1 Å². The van der Waals surface area contributed by atoms with E-state index in [0.717, 1.165) is 17.7 Å². The zero-order valence-corrected chi connectivity index (χ0v) is 11.1. The number of hydrogen-bond donors (Lipinski definition) is 2. The van der Waals surface area contributed by atoms with Crippen LogP contribution in [-0.2, 0) is 13.0 Å². The van der Waals surface area contributed by atoms with Crippen LogP contribution >= 0.6 is 0 Å². The molecule has 6 nitrogen and oxygen atoms in total. The zero-order chi connectivity index (χ0) is 14.8. The molecule has 2 heterocycles. The van der Waals surface area contributed by atoms with Crippen molar-refractivity contribution in [2.24, 2.45) is 0 Å². The van der Waals surface area contributed by atoms with E-state index in [1.165, 1.54) is 12.1 Å². The number of carboxylic acids is 1. The smallest absolute Gasteiger partial charge is 0.371 e. The highest BCUT2D eigenvalue weighted by Gasteiger charge is 2.15. The standard InChI is InChI=1S/C15H13NO5/c17-14(10-1-3-12-9(7-10)5-6-20-12)16-8-11-2-4-13(21-11)15(18)19/h1-4,7H,5-6,8H2,(H,16,17)(H,18,19). The predicted octanol–water partition coefficient (Wildman–Crippen LogP) is 1.84. The zero-order valence-electron chi connectivity index (χ0n) is 11.1. The highest BCUT2D eigenvalue weighted by atomic mass is 16.5. The van der Waals surface area contributed by atoms with Gasteiger partial charge in [0.1, 0.15) is 11.5 Å². The fourth-order valence-corrected chi connectivity index (χ4v) is 2.19. The third-order valence-electron chi connectivity index (χ3n) is 3.25. The van der Waals surface area contributed by atoms with Gasteiger partial charge in [0.05, 0.1) is 13.2 Å². The molecule has 1 amide bonds. The topological polar surface area (TPSA) is 88.8 Å². The van der Waals surface area contributed by atoms with Gasteiger partial charge in [-0.05, 0) is 35.9 Å². The molecule has 108 valence electrons. The molecule has 2 aromatic rings. The SMILES string of the molecule is O=C(NCc1ccc(C(=O)O)o1)c1ccc2c(c1)CCO2. The molecule has 0 radical (unpaired) electrons. The first-order valence-corrected chi connectivity index (χ1v) is 6.49. The molecule has 0 spiro atoms. The Labute approximate surface area is 120 Å². The summed E-state index contributed by atoms with van der Waals surface area (Å²) >= 11 is 0. The Kier molecular flexibility index (Phi) is 3.35. The van der Waals surface area contributed by atoms with E-state index in [9.17, 15) is 9.59 Å². The van der Waals surface area contributed by atoms with E-state index in [2.05, 4.69) is 5.32 Å². The second-order valence-electron chi connectivity index (χ2n) is 4.67. The van der Waals surface area contributed by atoms with Crippen molar-refractivity contribution in [2.45, 2.75) is 13.0 Å².